The predicted molar refractivity (Wildman–Crippen MR) is 45.9 cm³/mol. The van der Waals surface area contributed by atoms with E-state index >= 15 is 0 Å². The maximum atomic E-state index is 10.5. The van der Waals surface area contributed by atoms with Crippen LogP contribution in [0.1, 0.15) is 19.7 Å². The van der Waals surface area contributed by atoms with Crippen LogP contribution in [0.2, 0.25) is 0 Å². The van der Waals surface area contributed by atoms with Crippen LogP contribution < -0.4 is 5.32 Å². The molecule has 0 fully saturated rings. The number of hydrogen-bond acceptors (Lipinski definition) is 4. The molecule has 1 heterocycles. The third-order valence-electron chi connectivity index (χ3n) is 1.50. The molecule has 0 spiro atoms. The fourth-order valence-electron chi connectivity index (χ4n) is 0.861. The van der Waals surface area contributed by atoms with E-state index in [-0.39, 0.29) is 5.91 Å². The molecule has 0 aromatic carbocycles. The van der Waals surface area contributed by atoms with Crippen molar-refractivity contribution in [1.82, 2.24) is 25.5 Å². The molecule has 1 N–H and O–H groups in total. The number of rotatable bonds is 4. The normalized spacial score (nSPS) is 10.0. The summed E-state index contributed by atoms with van der Waals surface area (Å²) in [7, 11) is 0. The summed E-state index contributed by atoms with van der Waals surface area (Å²) in [5.74, 6) is 0.624. The van der Waals surface area contributed by atoms with E-state index < -0.39 is 0 Å². The van der Waals surface area contributed by atoms with Gasteiger partial charge in [-0.15, -0.1) is 10.2 Å². The molecule has 0 radical (unpaired) electrons. The Labute approximate surface area is 76.3 Å². The van der Waals surface area contributed by atoms with Gasteiger partial charge in [-0.3, -0.25) is 4.79 Å². The number of amides is 1. The van der Waals surface area contributed by atoms with Gasteiger partial charge in [0.05, 0.1) is 6.54 Å². The minimum Gasteiger partial charge on any atom is -0.356 e. The molecular weight excluding hydrogens is 170 g/mol. The number of nitrogens with zero attached hydrogens (tertiary/aromatic N) is 4. The number of aryl methyl sites for hydroxylation is 1. The predicted octanol–water partition coefficient (Wildman–Crippen LogP) is -0.628. The summed E-state index contributed by atoms with van der Waals surface area (Å²) in [4.78, 5) is 12.0. The zero-order chi connectivity index (χ0) is 9.68. The van der Waals surface area contributed by atoms with Crippen molar-refractivity contribution in [2.75, 3.05) is 6.54 Å². The van der Waals surface area contributed by atoms with Crippen molar-refractivity contribution in [3.05, 3.63) is 5.82 Å². The lowest BCUT2D eigenvalue weighted by Crippen LogP contribution is -2.22. The number of hydrogen-bond donors (Lipinski definition) is 1. The Hall–Kier alpha value is -1.46. The van der Waals surface area contributed by atoms with Crippen LogP contribution in [0.5, 0.6) is 0 Å². The number of carbonyl (C=O) groups excluding carboxylic acids is 1. The highest BCUT2D eigenvalue weighted by molar-refractivity contribution is 5.72. The molecule has 0 atom stereocenters. The monoisotopic (exact) mass is 183 g/mol. The van der Waals surface area contributed by atoms with E-state index in [1.807, 2.05) is 6.92 Å². The second-order valence-electron chi connectivity index (χ2n) is 2.63. The molecule has 72 valence electrons. The highest BCUT2D eigenvalue weighted by Crippen LogP contribution is 1.86. The highest BCUT2D eigenvalue weighted by Gasteiger charge is 2.00. The van der Waals surface area contributed by atoms with Crippen molar-refractivity contribution in [3.63, 3.8) is 0 Å². The molecule has 0 aliphatic heterocycles. The van der Waals surface area contributed by atoms with Crippen LogP contribution in [-0.2, 0) is 17.8 Å². The second-order valence-corrected chi connectivity index (χ2v) is 2.63. The van der Waals surface area contributed by atoms with E-state index in [2.05, 4.69) is 20.7 Å². The van der Waals surface area contributed by atoms with Crippen molar-refractivity contribution in [2.45, 2.75) is 26.8 Å². The standard InChI is InChI=1S/C7H13N5O/c1-3-12-10-7(9-11-12)4-5-8-6(2)13/h3-5H2,1-2H3,(H,8,13). The summed E-state index contributed by atoms with van der Waals surface area (Å²) >= 11 is 0. The lowest BCUT2D eigenvalue weighted by molar-refractivity contribution is -0.118. The molecular formula is C7H13N5O. The molecule has 0 saturated heterocycles. The van der Waals surface area contributed by atoms with E-state index in [9.17, 15) is 4.79 Å². The van der Waals surface area contributed by atoms with E-state index in [1.54, 1.807) is 0 Å². The van der Waals surface area contributed by atoms with Crippen molar-refractivity contribution in [1.29, 1.82) is 0 Å². The average molecular weight is 183 g/mol. The van der Waals surface area contributed by atoms with Crippen LogP contribution in [0.3, 0.4) is 0 Å². The molecule has 1 rings (SSSR count). The zero-order valence-electron chi connectivity index (χ0n) is 7.82. The maximum Gasteiger partial charge on any atom is 0.216 e. The van der Waals surface area contributed by atoms with Gasteiger partial charge in [-0.2, -0.15) is 4.80 Å². The SMILES string of the molecule is CCn1nnc(CCNC(C)=O)n1. The van der Waals surface area contributed by atoms with Crippen LogP contribution in [-0.4, -0.2) is 32.7 Å². The highest BCUT2D eigenvalue weighted by atomic mass is 16.1. The number of tetrazole rings is 1. The van der Waals surface area contributed by atoms with Gasteiger partial charge < -0.3 is 5.32 Å². The first-order valence-electron chi connectivity index (χ1n) is 4.23. The van der Waals surface area contributed by atoms with E-state index in [0.717, 1.165) is 0 Å². The average Bonchev–Trinajstić information content (AvgIpc) is 2.52. The molecule has 1 aromatic rings. The van der Waals surface area contributed by atoms with Crippen molar-refractivity contribution in [3.8, 4) is 0 Å². The van der Waals surface area contributed by atoms with Crippen LogP contribution in [0.4, 0.5) is 0 Å². The van der Waals surface area contributed by atoms with Gasteiger partial charge in [-0.05, 0) is 12.1 Å². The Balaban J connectivity index is 2.32. The first kappa shape index (κ1) is 9.63. The topological polar surface area (TPSA) is 72.7 Å². The smallest absolute Gasteiger partial charge is 0.216 e. The van der Waals surface area contributed by atoms with Gasteiger partial charge in [0.2, 0.25) is 5.91 Å². The van der Waals surface area contributed by atoms with E-state index in [0.29, 0.717) is 25.3 Å². The lowest BCUT2D eigenvalue weighted by Gasteiger charge is -1.96. The fourth-order valence-corrected chi connectivity index (χ4v) is 0.861. The molecule has 1 aromatic heterocycles. The molecule has 1 amide bonds. The van der Waals surface area contributed by atoms with Crippen molar-refractivity contribution >= 4 is 5.91 Å². The first-order chi connectivity index (χ1) is 6.22. The fraction of sp³-hybridized carbons (Fsp3) is 0.714. The van der Waals surface area contributed by atoms with Crippen LogP contribution in [0.25, 0.3) is 0 Å². The maximum absolute atomic E-state index is 10.5. The summed E-state index contributed by atoms with van der Waals surface area (Å²) in [5.41, 5.74) is 0. The molecule has 0 aliphatic carbocycles. The summed E-state index contributed by atoms with van der Waals surface area (Å²) in [6, 6.07) is 0. The molecule has 0 unspecified atom stereocenters. The summed E-state index contributed by atoms with van der Waals surface area (Å²) in [6.45, 7) is 4.70. The first-order valence-corrected chi connectivity index (χ1v) is 4.23. The molecule has 6 heteroatoms. The second kappa shape index (κ2) is 4.54. The summed E-state index contributed by atoms with van der Waals surface area (Å²) in [5, 5.41) is 14.3. The summed E-state index contributed by atoms with van der Waals surface area (Å²) < 4.78 is 0. The van der Waals surface area contributed by atoms with Gasteiger partial charge in [-0.25, -0.2) is 0 Å². The van der Waals surface area contributed by atoms with Crippen molar-refractivity contribution < 1.29 is 4.79 Å². The van der Waals surface area contributed by atoms with Gasteiger partial charge in [-0.1, -0.05) is 0 Å². The van der Waals surface area contributed by atoms with E-state index in [4.69, 9.17) is 0 Å². The van der Waals surface area contributed by atoms with Gasteiger partial charge in [0, 0.05) is 19.9 Å². The van der Waals surface area contributed by atoms with Crippen LogP contribution in [0, 0.1) is 0 Å². The lowest BCUT2D eigenvalue weighted by atomic mass is 10.4. The Morgan fingerprint density at radius 3 is 2.92 bits per heavy atom. The quantitative estimate of drug-likeness (QED) is 0.674. The molecule has 0 saturated carbocycles. The third kappa shape index (κ3) is 3.18. The Bertz CT molecular complexity index is 282. The van der Waals surface area contributed by atoms with Gasteiger partial charge in [0.1, 0.15) is 0 Å². The van der Waals surface area contributed by atoms with Crippen LogP contribution >= 0.6 is 0 Å². The Morgan fingerprint density at radius 2 is 2.38 bits per heavy atom. The van der Waals surface area contributed by atoms with Gasteiger partial charge >= 0.3 is 0 Å². The number of nitrogens with one attached hydrogen (secondary N) is 1. The van der Waals surface area contributed by atoms with Crippen molar-refractivity contribution in [2.24, 2.45) is 0 Å². The molecule has 13 heavy (non-hydrogen) atoms. The number of aromatic nitrogens is 4. The van der Waals surface area contributed by atoms with E-state index in [1.165, 1.54) is 11.7 Å². The molecule has 0 aliphatic rings. The summed E-state index contributed by atoms with van der Waals surface area (Å²) in [6.07, 6.45) is 0.625. The third-order valence-corrected chi connectivity index (χ3v) is 1.50. The molecule has 6 nitrogen and oxygen atoms in total. The largest absolute Gasteiger partial charge is 0.356 e. The van der Waals surface area contributed by atoms with Crippen LogP contribution in [0.15, 0.2) is 0 Å². The Kier molecular flexibility index (Phi) is 3.36. The number of carbonyl (C=O) groups is 1. The Morgan fingerprint density at radius 1 is 1.62 bits per heavy atom. The molecule has 0 bridgehead atoms. The zero-order valence-corrected chi connectivity index (χ0v) is 7.82. The minimum absolute atomic E-state index is 0.0390. The van der Waals surface area contributed by atoms with Gasteiger partial charge in [0.15, 0.2) is 5.82 Å². The van der Waals surface area contributed by atoms with Gasteiger partial charge in [0.25, 0.3) is 0 Å². The minimum atomic E-state index is -0.0390.